The zero-order valence-electron chi connectivity index (χ0n) is 10.9. The smallest absolute Gasteiger partial charge is 0.169 e. The Hall–Kier alpha value is -1.84. The van der Waals surface area contributed by atoms with Gasteiger partial charge in [0.1, 0.15) is 5.76 Å². The molecule has 0 spiro atoms. The predicted octanol–water partition coefficient (Wildman–Crippen LogP) is 4.58. The van der Waals surface area contributed by atoms with Crippen LogP contribution in [0.1, 0.15) is 22.9 Å². The molecule has 0 bridgehead atoms. The Labute approximate surface area is 121 Å². The second-order valence-corrected chi connectivity index (χ2v) is 5.15. The third-order valence-corrected chi connectivity index (χ3v) is 3.88. The molecule has 1 unspecified atom stereocenters. The molecule has 0 amide bonds. The molecule has 102 valence electrons. The number of hydrogen-bond acceptors (Lipinski definition) is 2. The lowest BCUT2D eigenvalue weighted by atomic mass is 10.00. The highest BCUT2D eigenvalue weighted by molar-refractivity contribution is 6.31. The van der Waals surface area contributed by atoms with Gasteiger partial charge in [-0.2, -0.15) is 0 Å². The van der Waals surface area contributed by atoms with Gasteiger partial charge in [-0.3, -0.25) is 0 Å². The van der Waals surface area contributed by atoms with E-state index in [0.29, 0.717) is 16.2 Å². The maximum absolute atomic E-state index is 13.7. The molecule has 3 rings (SSSR count). The summed E-state index contributed by atoms with van der Waals surface area (Å²) in [6.45, 7) is 1.90. The molecule has 0 aliphatic heterocycles. The maximum atomic E-state index is 13.7. The summed E-state index contributed by atoms with van der Waals surface area (Å²) in [6.07, 6.45) is 0. The van der Waals surface area contributed by atoms with Gasteiger partial charge in [-0.15, -0.1) is 0 Å². The predicted molar refractivity (Wildman–Crippen MR) is 78.4 cm³/mol. The highest BCUT2D eigenvalue weighted by Crippen LogP contribution is 2.31. The van der Waals surface area contributed by atoms with Gasteiger partial charge in [-0.25, -0.2) is 4.39 Å². The van der Waals surface area contributed by atoms with Crippen molar-refractivity contribution >= 4 is 22.6 Å². The number of halogens is 2. The molecule has 0 saturated heterocycles. The van der Waals surface area contributed by atoms with Crippen LogP contribution in [0.25, 0.3) is 11.0 Å². The lowest BCUT2D eigenvalue weighted by Gasteiger charge is -2.13. The van der Waals surface area contributed by atoms with Crippen LogP contribution in [0, 0.1) is 12.7 Å². The third-order valence-electron chi connectivity index (χ3n) is 3.47. The van der Waals surface area contributed by atoms with Crippen LogP contribution in [0.15, 0.2) is 46.9 Å². The standard InChI is InChI=1S/C16H13ClFNO/c1-9-11(5-3-6-12(9)17)15(19)14-8-10-4-2-7-13(18)16(10)20-14/h2-8,15H,19H2,1H3. The quantitative estimate of drug-likeness (QED) is 0.750. The summed E-state index contributed by atoms with van der Waals surface area (Å²) in [5.74, 6) is 0.138. The van der Waals surface area contributed by atoms with Gasteiger partial charge in [0.25, 0.3) is 0 Å². The molecule has 3 aromatic rings. The molecule has 1 aromatic heterocycles. The van der Waals surface area contributed by atoms with E-state index < -0.39 is 6.04 Å². The molecule has 1 heterocycles. The minimum Gasteiger partial charge on any atom is -0.456 e. The van der Waals surface area contributed by atoms with E-state index in [4.69, 9.17) is 21.8 Å². The van der Waals surface area contributed by atoms with Gasteiger partial charge in [-0.1, -0.05) is 35.9 Å². The van der Waals surface area contributed by atoms with Crippen molar-refractivity contribution in [1.82, 2.24) is 0 Å². The second-order valence-electron chi connectivity index (χ2n) is 4.74. The Morgan fingerprint density at radius 2 is 1.95 bits per heavy atom. The summed E-state index contributed by atoms with van der Waals surface area (Å²) in [7, 11) is 0. The largest absolute Gasteiger partial charge is 0.456 e. The summed E-state index contributed by atoms with van der Waals surface area (Å²) in [6, 6.07) is 11.7. The minimum atomic E-state index is -0.472. The summed E-state index contributed by atoms with van der Waals surface area (Å²) in [5, 5.41) is 1.36. The topological polar surface area (TPSA) is 39.2 Å². The fraction of sp³-hybridized carbons (Fsp3) is 0.125. The van der Waals surface area contributed by atoms with Crippen molar-refractivity contribution in [1.29, 1.82) is 0 Å². The molecular weight excluding hydrogens is 277 g/mol. The fourth-order valence-corrected chi connectivity index (χ4v) is 2.50. The molecule has 2 N–H and O–H groups in total. The van der Waals surface area contributed by atoms with Crippen LogP contribution in [0.3, 0.4) is 0 Å². The second kappa shape index (κ2) is 4.93. The number of benzene rings is 2. The van der Waals surface area contributed by atoms with Crippen molar-refractivity contribution in [3.63, 3.8) is 0 Å². The van der Waals surface area contributed by atoms with Crippen molar-refractivity contribution in [3.05, 3.63) is 70.2 Å². The number of rotatable bonds is 2. The summed E-state index contributed by atoms with van der Waals surface area (Å²) < 4.78 is 19.2. The highest BCUT2D eigenvalue weighted by Gasteiger charge is 2.18. The number of hydrogen-bond donors (Lipinski definition) is 1. The molecular formula is C16H13ClFNO. The average Bonchev–Trinajstić information content (AvgIpc) is 2.87. The van der Waals surface area contributed by atoms with Crippen LogP contribution in [-0.4, -0.2) is 0 Å². The Balaban J connectivity index is 2.10. The van der Waals surface area contributed by atoms with Gasteiger partial charge >= 0.3 is 0 Å². The van der Waals surface area contributed by atoms with Crippen molar-refractivity contribution in [2.75, 3.05) is 0 Å². The normalized spacial score (nSPS) is 12.8. The van der Waals surface area contributed by atoms with Gasteiger partial charge in [0.05, 0.1) is 6.04 Å². The molecule has 20 heavy (non-hydrogen) atoms. The Morgan fingerprint density at radius 1 is 1.20 bits per heavy atom. The Bertz CT molecular complexity index is 781. The first-order valence-corrected chi connectivity index (χ1v) is 6.64. The van der Waals surface area contributed by atoms with Crippen LogP contribution in [0.2, 0.25) is 5.02 Å². The molecule has 0 radical (unpaired) electrons. The molecule has 2 aromatic carbocycles. The van der Waals surface area contributed by atoms with E-state index in [0.717, 1.165) is 11.1 Å². The molecule has 0 saturated carbocycles. The van der Waals surface area contributed by atoms with Crippen LogP contribution < -0.4 is 5.73 Å². The van der Waals surface area contributed by atoms with Gasteiger partial charge in [0.2, 0.25) is 0 Å². The van der Waals surface area contributed by atoms with Gasteiger partial charge in [-0.05, 0) is 36.2 Å². The van der Waals surface area contributed by atoms with Crippen molar-refractivity contribution < 1.29 is 8.81 Å². The van der Waals surface area contributed by atoms with Gasteiger partial charge in [0.15, 0.2) is 11.4 Å². The number of nitrogens with two attached hydrogens (primary N) is 1. The van der Waals surface area contributed by atoms with Gasteiger partial charge in [0, 0.05) is 10.4 Å². The van der Waals surface area contributed by atoms with Crippen LogP contribution in [0.5, 0.6) is 0 Å². The molecule has 0 aliphatic rings. The highest BCUT2D eigenvalue weighted by atomic mass is 35.5. The summed E-state index contributed by atoms with van der Waals surface area (Å²) in [4.78, 5) is 0. The monoisotopic (exact) mass is 289 g/mol. The van der Waals surface area contributed by atoms with Crippen LogP contribution >= 0.6 is 11.6 Å². The molecule has 0 aliphatic carbocycles. The fourth-order valence-electron chi connectivity index (χ4n) is 2.32. The van der Waals surface area contributed by atoms with Crippen molar-refractivity contribution in [2.45, 2.75) is 13.0 Å². The zero-order chi connectivity index (χ0) is 14.3. The van der Waals surface area contributed by atoms with Crippen molar-refractivity contribution in [2.24, 2.45) is 5.73 Å². The Kier molecular flexibility index (Phi) is 3.24. The van der Waals surface area contributed by atoms with E-state index >= 15 is 0 Å². The number of para-hydroxylation sites is 1. The van der Waals surface area contributed by atoms with E-state index in [1.165, 1.54) is 6.07 Å². The zero-order valence-corrected chi connectivity index (χ0v) is 11.6. The minimum absolute atomic E-state index is 0.234. The average molecular weight is 290 g/mol. The lowest BCUT2D eigenvalue weighted by Crippen LogP contribution is -2.12. The molecule has 2 nitrogen and oxygen atoms in total. The van der Waals surface area contributed by atoms with E-state index in [1.54, 1.807) is 18.2 Å². The first-order chi connectivity index (χ1) is 9.58. The third kappa shape index (κ3) is 2.09. The van der Waals surface area contributed by atoms with Crippen LogP contribution in [-0.2, 0) is 0 Å². The maximum Gasteiger partial charge on any atom is 0.169 e. The van der Waals surface area contributed by atoms with Crippen molar-refractivity contribution in [3.8, 4) is 0 Å². The van der Waals surface area contributed by atoms with E-state index in [2.05, 4.69) is 0 Å². The summed E-state index contributed by atoms with van der Waals surface area (Å²) >= 11 is 6.10. The van der Waals surface area contributed by atoms with Crippen LogP contribution in [0.4, 0.5) is 4.39 Å². The lowest BCUT2D eigenvalue weighted by molar-refractivity contribution is 0.501. The Morgan fingerprint density at radius 3 is 2.70 bits per heavy atom. The first-order valence-electron chi connectivity index (χ1n) is 6.26. The van der Waals surface area contributed by atoms with E-state index in [-0.39, 0.29) is 11.4 Å². The molecule has 1 atom stereocenters. The SMILES string of the molecule is Cc1c(Cl)cccc1C(N)c1cc2cccc(F)c2o1. The van der Waals surface area contributed by atoms with E-state index in [1.807, 2.05) is 25.1 Å². The molecule has 4 heteroatoms. The number of furan rings is 1. The van der Waals surface area contributed by atoms with Gasteiger partial charge < -0.3 is 10.2 Å². The summed E-state index contributed by atoms with van der Waals surface area (Å²) in [5.41, 5.74) is 8.24. The number of fused-ring (bicyclic) bond motifs is 1. The molecule has 0 fully saturated rings. The van der Waals surface area contributed by atoms with E-state index in [9.17, 15) is 4.39 Å². The first kappa shape index (κ1) is 13.2.